The van der Waals surface area contributed by atoms with Gasteiger partial charge < -0.3 is 25.0 Å². The molecule has 2 N–H and O–H groups in total. The number of carbonyl (C=O) groups is 2. The first-order chi connectivity index (χ1) is 19.4. The van der Waals surface area contributed by atoms with Gasteiger partial charge in [-0.15, -0.1) is 0 Å². The topological polar surface area (TPSA) is 106 Å². The normalized spacial score (nSPS) is 14.8. The third-order valence-corrected chi connectivity index (χ3v) is 6.82. The smallest absolute Gasteiger partial charge is 0.249 e. The minimum atomic E-state index is -0.549. The second-order valence-corrected chi connectivity index (χ2v) is 9.72. The zero-order valence-electron chi connectivity index (χ0n) is 21.7. The number of nitrogens with zero attached hydrogens (tertiary/aromatic N) is 3. The summed E-state index contributed by atoms with van der Waals surface area (Å²) in [6.07, 6.45) is 2.79. The number of benzene rings is 3. The van der Waals surface area contributed by atoms with Gasteiger partial charge in [0.15, 0.2) is 0 Å². The van der Waals surface area contributed by atoms with E-state index in [0.717, 1.165) is 6.42 Å². The molecule has 2 heterocycles. The Bertz CT molecular complexity index is 1550. The van der Waals surface area contributed by atoms with Gasteiger partial charge in [0.1, 0.15) is 43.0 Å². The highest BCUT2D eigenvalue weighted by molar-refractivity contribution is 6.32. The molecule has 1 atom stereocenters. The predicted molar refractivity (Wildman–Crippen MR) is 150 cm³/mol. The van der Waals surface area contributed by atoms with E-state index in [9.17, 15) is 14.0 Å². The Morgan fingerprint density at radius 2 is 1.95 bits per heavy atom. The Morgan fingerprint density at radius 1 is 1.10 bits per heavy atom. The van der Waals surface area contributed by atoms with Crippen molar-refractivity contribution in [2.75, 3.05) is 30.9 Å². The Balaban J connectivity index is 1.30. The number of carbonyl (C=O) groups excluding carboxylic acids is 2. The average molecular weight is 564 g/mol. The maximum absolute atomic E-state index is 13.4. The molecule has 1 saturated heterocycles. The molecule has 206 valence electrons. The van der Waals surface area contributed by atoms with Crippen LogP contribution < -0.4 is 15.4 Å². The highest BCUT2D eigenvalue weighted by Gasteiger charge is 2.33. The number of hydrogen-bond donors (Lipinski definition) is 2. The molecular formula is C29H27ClFN5O4. The second-order valence-electron chi connectivity index (χ2n) is 9.31. The van der Waals surface area contributed by atoms with Gasteiger partial charge in [-0.2, -0.15) is 0 Å². The number of rotatable bonds is 9. The van der Waals surface area contributed by atoms with E-state index in [1.54, 1.807) is 53.4 Å². The molecule has 1 unspecified atom stereocenters. The van der Waals surface area contributed by atoms with Gasteiger partial charge in [-0.05, 0) is 66.9 Å². The number of hydrogen-bond acceptors (Lipinski definition) is 7. The first-order valence-electron chi connectivity index (χ1n) is 12.7. The Kier molecular flexibility index (Phi) is 8.37. The minimum absolute atomic E-state index is 0.0593. The number of likely N-dealkylation sites (tertiary alicyclic amines) is 1. The molecule has 0 saturated carbocycles. The first kappa shape index (κ1) is 27.3. The number of ether oxygens (including phenoxy) is 2. The molecule has 2 amide bonds. The summed E-state index contributed by atoms with van der Waals surface area (Å²) in [5, 5.41) is 7.23. The van der Waals surface area contributed by atoms with Crippen LogP contribution in [-0.2, 0) is 20.9 Å². The zero-order chi connectivity index (χ0) is 28.1. The first-order valence-corrected chi connectivity index (χ1v) is 13.1. The van der Waals surface area contributed by atoms with Crippen molar-refractivity contribution in [3.63, 3.8) is 0 Å². The maximum atomic E-state index is 13.4. The summed E-state index contributed by atoms with van der Waals surface area (Å²) in [7, 11) is 1.46. The second kappa shape index (κ2) is 12.3. The van der Waals surface area contributed by atoms with Gasteiger partial charge in [-0.25, -0.2) is 14.4 Å². The molecular weight excluding hydrogens is 537 g/mol. The molecule has 11 heteroatoms. The van der Waals surface area contributed by atoms with Crippen LogP contribution in [0.25, 0.3) is 10.9 Å². The van der Waals surface area contributed by atoms with Crippen LogP contribution in [0.15, 0.2) is 67.0 Å². The molecule has 1 aliphatic heterocycles. The van der Waals surface area contributed by atoms with Crippen LogP contribution in [0.2, 0.25) is 5.02 Å². The third-order valence-electron chi connectivity index (χ3n) is 6.52. The third kappa shape index (κ3) is 6.30. The van der Waals surface area contributed by atoms with Gasteiger partial charge in [0.05, 0.1) is 10.5 Å². The van der Waals surface area contributed by atoms with Gasteiger partial charge in [-0.3, -0.25) is 9.59 Å². The Labute approximate surface area is 235 Å². The number of fused-ring (bicyclic) bond motifs is 1. The van der Waals surface area contributed by atoms with Crippen molar-refractivity contribution in [3.8, 4) is 5.75 Å². The summed E-state index contributed by atoms with van der Waals surface area (Å²) in [6.45, 7) is 0.641. The SMILES string of the molecule is COCC(=O)N1CCCC1C(=O)Nc1ccc2ncnc(Nc3ccc(OCc4cccc(F)c4)c(Cl)c3)c2c1. The lowest BCUT2D eigenvalue weighted by Crippen LogP contribution is -2.44. The van der Waals surface area contributed by atoms with Crippen molar-refractivity contribution in [1.29, 1.82) is 0 Å². The summed E-state index contributed by atoms with van der Waals surface area (Å²) in [5.74, 6) is 0.183. The quantitative estimate of drug-likeness (QED) is 0.284. The number of anilines is 3. The van der Waals surface area contributed by atoms with E-state index in [-0.39, 0.29) is 30.8 Å². The van der Waals surface area contributed by atoms with Crippen molar-refractivity contribution in [2.45, 2.75) is 25.5 Å². The molecule has 4 aromatic rings. The van der Waals surface area contributed by atoms with Crippen LogP contribution >= 0.6 is 11.6 Å². The largest absolute Gasteiger partial charge is 0.487 e. The van der Waals surface area contributed by atoms with E-state index < -0.39 is 6.04 Å². The van der Waals surface area contributed by atoms with Crippen molar-refractivity contribution in [2.24, 2.45) is 0 Å². The van der Waals surface area contributed by atoms with E-state index in [0.29, 0.717) is 57.4 Å². The minimum Gasteiger partial charge on any atom is -0.487 e. The summed E-state index contributed by atoms with van der Waals surface area (Å²) in [5.41, 5.74) is 2.58. The molecule has 1 aliphatic rings. The van der Waals surface area contributed by atoms with E-state index in [2.05, 4.69) is 20.6 Å². The fourth-order valence-corrected chi connectivity index (χ4v) is 4.86. The molecule has 1 aromatic heterocycles. The lowest BCUT2D eigenvalue weighted by Gasteiger charge is -2.23. The van der Waals surface area contributed by atoms with Crippen LogP contribution in [0.4, 0.5) is 21.6 Å². The highest BCUT2D eigenvalue weighted by atomic mass is 35.5. The highest BCUT2D eigenvalue weighted by Crippen LogP contribution is 2.32. The lowest BCUT2D eigenvalue weighted by molar-refractivity contribution is -0.139. The van der Waals surface area contributed by atoms with Crippen LogP contribution in [0.5, 0.6) is 5.75 Å². The van der Waals surface area contributed by atoms with Crippen molar-refractivity contribution in [3.05, 3.63) is 83.4 Å². The van der Waals surface area contributed by atoms with Gasteiger partial charge >= 0.3 is 0 Å². The number of halogens is 2. The van der Waals surface area contributed by atoms with Crippen LogP contribution in [0.3, 0.4) is 0 Å². The zero-order valence-corrected chi connectivity index (χ0v) is 22.5. The van der Waals surface area contributed by atoms with E-state index >= 15 is 0 Å². The summed E-state index contributed by atoms with van der Waals surface area (Å²) in [4.78, 5) is 35.6. The van der Waals surface area contributed by atoms with Gasteiger partial charge in [0.2, 0.25) is 11.8 Å². The van der Waals surface area contributed by atoms with Gasteiger partial charge in [-0.1, -0.05) is 23.7 Å². The maximum Gasteiger partial charge on any atom is 0.249 e. The molecule has 5 rings (SSSR count). The molecule has 0 aliphatic carbocycles. The monoisotopic (exact) mass is 563 g/mol. The summed E-state index contributed by atoms with van der Waals surface area (Å²) >= 11 is 6.45. The van der Waals surface area contributed by atoms with E-state index in [1.165, 1.54) is 25.6 Å². The number of amides is 2. The van der Waals surface area contributed by atoms with Crippen LogP contribution in [0, 0.1) is 5.82 Å². The molecule has 0 spiro atoms. The Hall–Kier alpha value is -4.28. The van der Waals surface area contributed by atoms with Crippen molar-refractivity contribution in [1.82, 2.24) is 14.9 Å². The van der Waals surface area contributed by atoms with Gasteiger partial charge in [0, 0.05) is 30.4 Å². The molecule has 3 aromatic carbocycles. The average Bonchev–Trinajstić information content (AvgIpc) is 3.44. The van der Waals surface area contributed by atoms with E-state index in [4.69, 9.17) is 21.1 Å². The van der Waals surface area contributed by atoms with Crippen molar-refractivity contribution >= 4 is 51.5 Å². The lowest BCUT2D eigenvalue weighted by atomic mass is 10.1. The molecule has 1 fully saturated rings. The fourth-order valence-electron chi connectivity index (χ4n) is 4.62. The standard InChI is InChI=1S/C29H27ClFN5O4/c1-39-16-27(37)36-11-3-6-25(36)29(38)35-20-7-9-24-22(13-20)28(33-17-32-24)34-21-8-10-26(23(30)14-21)40-15-18-4-2-5-19(31)12-18/h2,4-5,7-10,12-14,17,25H,3,6,11,15-16H2,1H3,(H,35,38)(H,32,33,34). The predicted octanol–water partition coefficient (Wildman–Crippen LogP) is 5.32. The Morgan fingerprint density at radius 3 is 2.75 bits per heavy atom. The summed E-state index contributed by atoms with van der Waals surface area (Å²) in [6, 6.07) is 16.2. The summed E-state index contributed by atoms with van der Waals surface area (Å²) < 4.78 is 24.1. The van der Waals surface area contributed by atoms with Crippen LogP contribution in [-0.4, -0.2) is 53.0 Å². The molecule has 9 nitrogen and oxygen atoms in total. The van der Waals surface area contributed by atoms with Gasteiger partial charge in [0.25, 0.3) is 0 Å². The fraction of sp³-hybridized carbons (Fsp3) is 0.241. The molecule has 0 radical (unpaired) electrons. The number of nitrogens with one attached hydrogen (secondary N) is 2. The molecule has 40 heavy (non-hydrogen) atoms. The number of aromatic nitrogens is 2. The van der Waals surface area contributed by atoms with E-state index in [1.807, 2.05) is 0 Å². The van der Waals surface area contributed by atoms with Crippen molar-refractivity contribution < 1.29 is 23.5 Å². The van der Waals surface area contributed by atoms with Crippen LogP contribution in [0.1, 0.15) is 18.4 Å². The number of methoxy groups -OCH3 is 1. The molecule has 0 bridgehead atoms.